The van der Waals surface area contributed by atoms with Crippen molar-refractivity contribution in [2.45, 2.75) is 20.0 Å². The standard InChI is InChI=1S/C24H29N5O3.HI/c1-17-8-10-19(11-9-17)23-28-20(15-32-23)14-27-24(25-2)26-13-18-6-5-7-21(12-18)31-16-22(30)29(3)4;/h5-12,15H,13-14,16H2,1-4H3,(H2,25,26,27);1H. The molecule has 0 aliphatic heterocycles. The van der Waals surface area contributed by atoms with E-state index in [0.29, 0.717) is 30.7 Å². The maximum Gasteiger partial charge on any atom is 0.259 e. The van der Waals surface area contributed by atoms with Gasteiger partial charge in [0.15, 0.2) is 12.6 Å². The number of nitrogens with zero attached hydrogens (tertiary/aromatic N) is 3. The topological polar surface area (TPSA) is 92.0 Å². The molecule has 3 aromatic rings. The van der Waals surface area contributed by atoms with Crippen LogP contribution in [0.5, 0.6) is 5.75 Å². The van der Waals surface area contributed by atoms with Gasteiger partial charge in [0.05, 0.1) is 12.2 Å². The highest BCUT2D eigenvalue weighted by Crippen LogP contribution is 2.19. The highest BCUT2D eigenvalue weighted by Gasteiger charge is 2.08. The van der Waals surface area contributed by atoms with Crippen molar-refractivity contribution in [1.82, 2.24) is 20.5 Å². The van der Waals surface area contributed by atoms with Crippen molar-refractivity contribution in [2.24, 2.45) is 4.99 Å². The minimum atomic E-state index is -0.0866. The van der Waals surface area contributed by atoms with Crippen molar-refractivity contribution < 1.29 is 13.9 Å². The Kier molecular flexibility index (Phi) is 10.2. The van der Waals surface area contributed by atoms with E-state index in [0.717, 1.165) is 16.8 Å². The zero-order valence-corrected chi connectivity index (χ0v) is 21.6. The molecule has 1 aromatic heterocycles. The Balaban J connectivity index is 0.00000385. The van der Waals surface area contributed by atoms with Gasteiger partial charge >= 0.3 is 0 Å². The molecule has 8 nitrogen and oxygen atoms in total. The minimum absolute atomic E-state index is 0. The number of oxazole rings is 1. The molecule has 33 heavy (non-hydrogen) atoms. The third-order valence-corrected chi connectivity index (χ3v) is 4.73. The quantitative estimate of drug-likeness (QED) is 0.247. The fourth-order valence-corrected chi connectivity index (χ4v) is 2.82. The van der Waals surface area contributed by atoms with E-state index in [1.807, 2.05) is 55.5 Å². The number of ether oxygens (including phenoxy) is 1. The van der Waals surface area contributed by atoms with Gasteiger partial charge in [-0.1, -0.05) is 29.8 Å². The zero-order valence-electron chi connectivity index (χ0n) is 19.3. The first kappa shape index (κ1) is 26.2. The van der Waals surface area contributed by atoms with E-state index in [9.17, 15) is 4.79 Å². The molecule has 0 atom stereocenters. The molecule has 0 unspecified atom stereocenters. The fraction of sp³-hybridized carbons (Fsp3) is 0.292. The summed E-state index contributed by atoms with van der Waals surface area (Å²) in [4.78, 5) is 22.0. The molecule has 0 saturated heterocycles. The second-order valence-electron chi connectivity index (χ2n) is 7.51. The first-order chi connectivity index (χ1) is 15.4. The number of likely N-dealkylation sites (N-methyl/N-ethyl adjacent to an activating group) is 1. The van der Waals surface area contributed by atoms with Crippen LogP contribution in [0.2, 0.25) is 0 Å². The van der Waals surface area contributed by atoms with Gasteiger partial charge in [-0.15, -0.1) is 24.0 Å². The van der Waals surface area contributed by atoms with E-state index in [4.69, 9.17) is 9.15 Å². The van der Waals surface area contributed by atoms with Crippen LogP contribution in [0.15, 0.2) is 64.2 Å². The normalized spacial score (nSPS) is 10.8. The maximum absolute atomic E-state index is 11.7. The lowest BCUT2D eigenvalue weighted by molar-refractivity contribution is -0.130. The number of aryl methyl sites for hydroxylation is 1. The molecule has 0 saturated carbocycles. The Morgan fingerprint density at radius 3 is 2.55 bits per heavy atom. The number of carbonyl (C=O) groups excluding carboxylic acids is 1. The number of carbonyl (C=O) groups is 1. The summed E-state index contributed by atoms with van der Waals surface area (Å²) in [5, 5.41) is 6.49. The summed E-state index contributed by atoms with van der Waals surface area (Å²) >= 11 is 0. The largest absolute Gasteiger partial charge is 0.484 e. The highest BCUT2D eigenvalue weighted by molar-refractivity contribution is 14.0. The number of halogens is 1. The number of aliphatic imine (C=N–C) groups is 1. The van der Waals surface area contributed by atoms with Crippen molar-refractivity contribution in [3.63, 3.8) is 0 Å². The van der Waals surface area contributed by atoms with Gasteiger partial charge in [0, 0.05) is 33.3 Å². The van der Waals surface area contributed by atoms with Crippen LogP contribution in [0, 0.1) is 6.92 Å². The average Bonchev–Trinajstić information content (AvgIpc) is 3.27. The third kappa shape index (κ3) is 8.08. The number of aromatic nitrogens is 1. The maximum atomic E-state index is 11.7. The molecule has 1 amide bonds. The predicted molar refractivity (Wildman–Crippen MR) is 140 cm³/mol. The number of hydrogen-bond acceptors (Lipinski definition) is 5. The van der Waals surface area contributed by atoms with Gasteiger partial charge < -0.3 is 24.7 Å². The van der Waals surface area contributed by atoms with Crippen LogP contribution >= 0.6 is 24.0 Å². The lowest BCUT2D eigenvalue weighted by Gasteiger charge is -2.13. The number of benzene rings is 2. The van der Waals surface area contributed by atoms with E-state index >= 15 is 0 Å². The summed E-state index contributed by atoms with van der Waals surface area (Å²) in [5.74, 6) is 1.79. The van der Waals surface area contributed by atoms with Crippen molar-refractivity contribution in [3.05, 3.63) is 71.6 Å². The Hall–Kier alpha value is -3.08. The third-order valence-electron chi connectivity index (χ3n) is 4.73. The van der Waals surface area contributed by atoms with Gasteiger partial charge in [-0.05, 0) is 36.8 Å². The summed E-state index contributed by atoms with van der Waals surface area (Å²) in [6.45, 7) is 3.08. The Morgan fingerprint density at radius 2 is 1.85 bits per heavy atom. The van der Waals surface area contributed by atoms with Crippen LogP contribution in [0.25, 0.3) is 11.5 Å². The predicted octanol–water partition coefficient (Wildman–Crippen LogP) is 3.60. The molecule has 176 valence electrons. The van der Waals surface area contributed by atoms with Crippen LogP contribution < -0.4 is 15.4 Å². The Bertz CT molecular complexity index is 1060. The van der Waals surface area contributed by atoms with Crippen LogP contribution in [-0.4, -0.2) is 49.5 Å². The number of amides is 1. The van der Waals surface area contributed by atoms with Gasteiger partial charge in [0.2, 0.25) is 5.89 Å². The lowest BCUT2D eigenvalue weighted by Crippen LogP contribution is -2.36. The van der Waals surface area contributed by atoms with E-state index < -0.39 is 0 Å². The van der Waals surface area contributed by atoms with Crippen molar-refractivity contribution in [3.8, 4) is 17.2 Å². The minimum Gasteiger partial charge on any atom is -0.484 e. The molecular weight excluding hydrogens is 533 g/mol. The van der Waals surface area contributed by atoms with Crippen LogP contribution in [0.3, 0.4) is 0 Å². The van der Waals surface area contributed by atoms with Crippen LogP contribution in [-0.2, 0) is 17.9 Å². The molecule has 2 N–H and O–H groups in total. The molecule has 0 aliphatic carbocycles. The molecule has 0 spiro atoms. The van der Waals surface area contributed by atoms with E-state index in [1.54, 1.807) is 27.4 Å². The summed E-state index contributed by atoms with van der Waals surface area (Å²) in [5.41, 5.74) is 3.92. The zero-order chi connectivity index (χ0) is 22.9. The molecule has 0 fully saturated rings. The molecule has 0 aliphatic rings. The van der Waals surface area contributed by atoms with Gasteiger partial charge in [-0.3, -0.25) is 9.79 Å². The average molecular weight is 563 g/mol. The molecular formula is C24H30IN5O3. The van der Waals surface area contributed by atoms with E-state index in [2.05, 4.69) is 20.6 Å². The molecule has 0 bridgehead atoms. The van der Waals surface area contributed by atoms with Gasteiger partial charge in [-0.2, -0.15) is 0 Å². The SMILES string of the molecule is CN=C(NCc1cccc(OCC(=O)N(C)C)c1)NCc1coc(-c2ccc(C)cc2)n1.I. The molecule has 3 rings (SSSR count). The lowest BCUT2D eigenvalue weighted by atomic mass is 10.1. The molecule has 0 radical (unpaired) electrons. The van der Waals surface area contributed by atoms with E-state index in [1.165, 1.54) is 10.5 Å². The summed E-state index contributed by atoms with van der Waals surface area (Å²) in [7, 11) is 5.11. The second-order valence-corrected chi connectivity index (χ2v) is 7.51. The summed E-state index contributed by atoms with van der Waals surface area (Å²) in [6.07, 6.45) is 1.64. The van der Waals surface area contributed by atoms with Crippen molar-refractivity contribution in [1.29, 1.82) is 0 Å². The van der Waals surface area contributed by atoms with Gasteiger partial charge in [0.25, 0.3) is 5.91 Å². The van der Waals surface area contributed by atoms with Crippen molar-refractivity contribution >= 4 is 35.8 Å². The highest BCUT2D eigenvalue weighted by atomic mass is 127. The second kappa shape index (κ2) is 12.8. The Labute approximate surface area is 211 Å². The number of hydrogen-bond donors (Lipinski definition) is 2. The van der Waals surface area contributed by atoms with Crippen LogP contribution in [0.4, 0.5) is 0 Å². The van der Waals surface area contributed by atoms with Gasteiger partial charge in [0.1, 0.15) is 12.0 Å². The first-order valence-electron chi connectivity index (χ1n) is 10.3. The Morgan fingerprint density at radius 1 is 1.12 bits per heavy atom. The monoisotopic (exact) mass is 563 g/mol. The van der Waals surface area contributed by atoms with E-state index in [-0.39, 0.29) is 36.5 Å². The number of guanidine groups is 1. The van der Waals surface area contributed by atoms with Gasteiger partial charge in [-0.25, -0.2) is 4.98 Å². The molecule has 1 heterocycles. The number of nitrogens with one attached hydrogen (secondary N) is 2. The first-order valence-corrected chi connectivity index (χ1v) is 10.3. The smallest absolute Gasteiger partial charge is 0.259 e. The summed E-state index contributed by atoms with van der Waals surface area (Å²) < 4.78 is 11.2. The molecule has 2 aromatic carbocycles. The number of rotatable bonds is 8. The molecule has 9 heteroatoms. The fourth-order valence-electron chi connectivity index (χ4n) is 2.82. The van der Waals surface area contributed by atoms with Crippen LogP contribution in [0.1, 0.15) is 16.8 Å². The van der Waals surface area contributed by atoms with Crippen molar-refractivity contribution in [2.75, 3.05) is 27.7 Å². The summed E-state index contributed by atoms with van der Waals surface area (Å²) in [6, 6.07) is 15.6.